The highest BCUT2D eigenvalue weighted by Gasteiger charge is 2.41. The van der Waals surface area contributed by atoms with Gasteiger partial charge >= 0.3 is 0 Å². The summed E-state index contributed by atoms with van der Waals surface area (Å²) in [6.07, 6.45) is -0.821. The van der Waals surface area contributed by atoms with Crippen LogP contribution in [0.5, 0.6) is 0 Å². The summed E-state index contributed by atoms with van der Waals surface area (Å²) in [5.74, 6) is 0. The standard InChI is InChI=1S/C10H11FO/c1-10(12)8-5-3-2-4-7(8)6-9(10)11/h2-5,9,12H,6H2,1H3. The highest BCUT2D eigenvalue weighted by atomic mass is 19.1. The number of fused-ring (bicyclic) bond motifs is 1. The van der Waals surface area contributed by atoms with E-state index in [0.717, 1.165) is 11.1 Å². The Morgan fingerprint density at radius 3 is 2.83 bits per heavy atom. The van der Waals surface area contributed by atoms with E-state index in [-0.39, 0.29) is 0 Å². The van der Waals surface area contributed by atoms with Crippen molar-refractivity contribution < 1.29 is 9.50 Å². The van der Waals surface area contributed by atoms with Crippen molar-refractivity contribution in [2.24, 2.45) is 0 Å². The molecule has 2 atom stereocenters. The first kappa shape index (κ1) is 7.74. The van der Waals surface area contributed by atoms with Gasteiger partial charge in [-0.3, -0.25) is 0 Å². The molecule has 0 amide bonds. The van der Waals surface area contributed by atoms with E-state index in [1.165, 1.54) is 6.92 Å². The maximum absolute atomic E-state index is 13.2. The molecule has 1 aliphatic rings. The average Bonchev–Trinajstić information content (AvgIpc) is 2.25. The molecule has 0 aliphatic heterocycles. The van der Waals surface area contributed by atoms with Gasteiger partial charge in [-0.05, 0) is 18.1 Å². The van der Waals surface area contributed by atoms with Crippen LogP contribution in [0.4, 0.5) is 4.39 Å². The zero-order chi connectivity index (χ0) is 8.77. The minimum atomic E-state index is -1.28. The number of alkyl halides is 1. The average molecular weight is 166 g/mol. The lowest BCUT2D eigenvalue weighted by molar-refractivity contribution is -0.0106. The fourth-order valence-electron chi connectivity index (χ4n) is 1.75. The number of hydrogen-bond acceptors (Lipinski definition) is 1. The van der Waals surface area contributed by atoms with Crippen LogP contribution in [0, 0.1) is 0 Å². The topological polar surface area (TPSA) is 20.2 Å². The van der Waals surface area contributed by atoms with Gasteiger partial charge in [-0.2, -0.15) is 0 Å². The lowest BCUT2D eigenvalue weighted by atomic mass is 9.98. The van der Waals surface area contributed by atoms with Gasteiger partial charge in [-0.15, -0.1) is 0 Å². The van der Waals surface area contributed by atoms with Gasteiger partial charge in [0.1, 0.15) is 11.8 Å². The third-order valence-corrected chi connectivity index (χ3v) is 2.57. The number of hydrogen-bond donors (Lipinski definition) is 1. The third-order valence-electron chi connectivity index (χ3n) is 2.57. The van der Waals surface area contributed by atoms with Crippen LogP contribution in [0.25, 0.3) is 0 Å². The molecule has 2 unspecified atom stereocenters. The van der Waals surface area contributed by atoms with Crippen LogP contribution in [0.15, 0.2) is 24.3 Å². The van der Waals surface area contributed by atoms with Crippen LogP contribution in [0.2, 0.25) is 0 Å². The van der Waals surface area contributed by atoms with E-state index in [9.17, 15) is 9.50 Å². The Morgan fingerprint density at radius 2 is 2.17 bits per heavy atom. The van der Waals surface area contributed by atoms with E-state index >= 15 is 0 Å². The van der Waals surface area contributed by atoms with E-state index in [4.69, 9.17) is 0 Å². The molecule has 0 aromatic heterocycles. The van der Waals surface area contributed by atoms with Gasteiger partial charge in [0.15, 0.2) is 0 Å². The molecule has 0 saturated heterocycles. The van der Waals surface area contributed by atoms with Gasteiger partial charge in [-0.25, -0.2) is 4.39 Å². The summed E-state index contributed by atoms with van der Waals surface area (Å²) in [4.78, 5) is 0. The Morgan fingerprint density at radius 1 is 1.50 bits per heavy atom. The normalized spacial score (nSPS) is 33.4. The van der Waals surface area contributed by atoms with E-state index in [2.05, 4.69) is 0 Å². The predicted octanol–water partition coefficient (Wildman–Crippen LogP) is 1.79. The molecule has 64 valence electrons. The van der Waals surface area contributed by atoms with E-state index < -0.39 is 11.8 Å². The van der Waals surface area contributed by atoms with Crippen molar-refractivity contribution in [3.8, 4) is 0 Å². The van der Waals surface area contributed by atoms with Crippen molar-refractivity contribution in [3.05, 3.63) is 35.4 Å². The molecule has 0 saturated carbocycles. The van der Waals surface area contributed by atoms with Crippen molar-refractivity contribution in [2.75, 3.05) is 0 Å². The lowest BCUT2D eigenvalue weighted by Crippen LogP contribution is -2.28. The molecule has 1 N–H and O–H groups in total. The smallest absolute Gasteiger partial charge is 0.137 e. The first-order valence-electron chi connectivity index (χ1n) is 4.07. The third kappa shape index (κ3) is 0.879. The second kappa shape index (κ2) is 2.30. The number of benzene rings is 1. The van der Waals surface area contributed by atoms with E-state index in [0.29, 0.717) is 6.42 Å². The fourth-order valence-corrected chi connectivity index (χ4v) is 1.75. The Labute approximate surface area is 70.8 Å². The maximum atomic E-state index is 13.2. The van der Waals surface area contributed by atoms with Crippen molar-refractivity contribution in [3.63, 3.8) is 0 Å². The van der Waals surface area contributed by atoms with Crippen molar-refractivity contribution in [1.29, 1.82) is 0 Å². The molecule has 12 heavy (non-hydrogen) atoms. The van der Waals surface area contributed by atoms with Crippen molar-refractivity contribution in [1.82, 2.24) is 0 Å². The van der Waals surface area contributed by atoms with Crippen LogP contribution >= 0.6 is 0 Å². The Bertz CT molecular complexity index is 306. The van der Waals surface area contributed by atoms with Crippen molar-refractivity contribution in [2.45, 2.75) is 25.1 Å². The number of halogens is 1. The molecule has 0 heterocycles. The van der Waals surface area contributed by atoms with Gasteiger partial charge in [-0.1, -0.05) is 24.3 Å². The highest BCUT2D eigenvalue weighted by Crippen LogP contribution is 2.38. The molecule has 1 aromatic rings. The van der Waals surface area contributed by atoms with Crippen LogP contribution in [0.1, 0.15) is 18.1 Å². The SMILES string of the molecule is CC1(O)c2ccccc2CC1F. The largest absolute Gasteiger partial charge is 0.382 e. The molecule has 1 aromatic carbocycles. The monoisotopic (exact) mass is 166 g/mol. The molecule has 1 aliphatic carbocycles. The highest BCUT2D eigenvalue weighted by molar-refractivity contribution is 5.38. The second-order valence-electron chi connectivity index (χ2n) is 3.48. The quantitative estimate of drug-likeness (QED) is 0.623. The zero-order valence-electron chi connectivity index (χ0n) is 6.92. The zero-order valence-corrected chi connectivity index (χ0v) is 6.92. The van der Waals surface area contributed by atoms with Gasteiger partial charge < -0.3 is 5.11 Å². The van der Waals surface area contributed by atoms with Gasteiger partial charge in [0.05, 0.1) is 0 Å². The number of aliphatic hydroxyl groups is 1. The summed E-state index contributed by atoms with van der Waals surface area (Å²) in [6, 6.07) is 7.34. The number of rotatable bonds is 0. The molecular formula is C10H11FO. The summed E-state index contributed by atoms with van der Waals surface area (Å²) >= 11 is 0. The Kier molecular flexibility index (Phi) is 1.48. The molecule has 2 heteroatoms. The van der Waals surface area contributed by atoms with Crippen molar-refractivity contribution >= 4 is 0 Å². The second-order valence-corrected chi connectivity index (χ2v) is 3.48. The summed E-state index contributed by atoms with van der Waals surface area (Å²) < 4.78 is 13.2. The molecule has 0 spiro atoms. The summed E-state index contributed by atoms with van der Waals surface area (Å²) in [7, 11) is 0. The lowest BCUT2D eigenvalue weighted by Gasteiger charge is -2.20. The van der Waals surface area contributed by atoms with Crippen LogP contribution < -0.4 is 0 Å². The van der Waals surface area contributed by atoms with Crippen LogP contribution in [-0.2, 0) is 12.0 Å². The fraction of sp³-hybridized carbons (Fsp3) is 0.400. The minimum Gasteiger partial charge on any atom is -0.382 e. The summed E-state index contributed by atoms with van der Waals surface area (Å²) in [5.41, 5.74) is 0.379. The van der Waals surface area contributed by atoms with E-state index in [1.807, 2.05) is 18.2 Å². The minimum absolute atomic E-state index is 0.336. The summed E-state index contributed by atoms with van der Waals surface area (Å²) in [5, 5.41) is 9.74. The molecule has 0 fully saturated rings. The maximum Gasteiger partial charge on any atom is 0.137 e. The Balaban J connectivity index is 2.55. The van der Waals surface area contributed by atoms with Crippen LogP contribution in [0.3, 0.4) is 0 Å². The molecular weight excluding hydrogens is 155 g/mol. The van der Waals surface area contributed by atoms with Gasteiger partial charge in [0, 0.05) is 6.42 Å². The van der Waals surface area contributed by atoms with Gasteiger partial charge in [0.2, 0.25) is 0 Å². The van der Waals surface area contributed by atoms with Crippen LogP contribution in [-0.4, -0.2) is 11.3 Å². The first-order chi connectivity index (χ1) is 5.62. The van der Waals surface area contributed by atoms with Gasteiger partial charge in [0.25, 0.3) is 0 Å². The molecule has 2 rings (SSSR count). The Hall–Kier alpha value is -0.890. The molecule has 1 nitrogen and oxygen atoms in total. The first-order valence-corrected chi connectivity index (χ1v) is 4.07. The predicted molar refractivity (Wildman–Crippen MR) is 44.6 cm³/mol. The summed E-state index contributed by atoms with van der Waals surface area (Å²) in [6.45, 7) is 1.53. The van der Waals surface area contributed by atoms with E-state index in [1.54, 1.807) is 6.07 Å². The molecule has 0 radical (unpaired) electrons. The molecule has 0 bridgehead atoms.